The molecule has 0 spiro atoms. The zero-order chi connectivity index (χ0) is 15.8. The summed E-state index contributed by atoms with van der Waals surface area (Å²) in [5.74, 6) is 1.99. The molecule has 1 amide bonds. The molecule has 23 heavy (non-hydrogen) atoms. The lowest BCUT2D eigenvalue weighted by Gasteiger charge is -2.18. The summed E-state index contributed by atoms with van der Waals surface area (Å²) in [6.07, 6.45) is 0.886. The lowest BCUT2D eigenvalue weighted by molar-refractivity contribution is -0.117. The third-order valence-electron chi connectivity index (χ3n) is 4.52. The van der Waals surface area contributed by atoms with Gasteiger partial charge < -0.3 is 14.8 Å². The first-order valence-corrected chi connectivity index (χ1v) is 7.98. The number of aryl methyl sites for hydroxylation is 1. The second-order valence-electron chi connectivity index (χ2n) is 6.16. The van der Waals surface area contributed by atoms with Gasteiger partial charge in [-0.1, -0.05) is 24.3 Å². The molecule has 2 atom stereocenters. The monoisotopic (exact) mass is 309 g/mol. The van der Waals surface area contributed by atoms with E-state index in [0.717, 1.165) is 34.7 Å². The lowest BCUT2D eigenvalue weighted by atomic mass is 10.1. The van der Waals surface area contributed by atoms with Crippen molar-refractivity contribution >= 4 is 11.6 Å². The van der Waals surface area contributed by atoms with Gasteiger partial charge in [0.2, 0.25) is 5.91 Å². The van der Waals surface area contributed by atoms with Crippen LogP contribution < -0.4 is 14.8 Å². The zero-order valence-corrected chi connectivity index (χ0v) is 13.0. The molecule has 0 bridgehead atoms. The summed E-state index contributed by atoms with van der Waals surface area (Å²) < 4.78 is 11.2. The molecule has 4 heteroatoms. The molecule has 118 valence electrons. The first-order chi connectivity index (χ1) is 11.2. The Morgan fingerprint density at radius 1 is 1.09 bits per heavy atom. The van der Waals surface area contributed by atoms with Crippen LogP contribution in [0.15, 0.2) is 42.5 Å². The van der Waals surface area contributed by atoms with Gasteiger partial charge in [-0.05, 0) is 48.6 Å². The van der Waals surface area contributed by atoms with Gasteiger partial charge in [-0.25, -0.2) is 0 Å². The molecule has 4 rings (SSSR count). The highest BCUT2D eigenvalue weighted by atomic mass is 16.6. The van der Waals surface area contributed by atoms with Crippen LogP contribution in [-0.2, 0) is 4.79 Å². The van der Waals surface area contributed by atoms with Crippen LogP contribution in [0.4, 0.5) is 5.69 Å². The maximum absolute atomic E-state index is 12.4. The van der Waals surface area contributed by atoms with Gasteiger partial charge in [-0.15, -0.1) is 0 Å². The number of fused-ring (bicyclic) bond motifs is 1. The van der Waals surface area contributed by atoms with Crippen LogP contribution in [0.2, 0.25) is 0 Å². The largest absolute Gasteiger partial charge is 0.486 e. The van der Waals surface area contributed by atoms with E-state index in [1.54, 1.807) is 0 Å². The van der Waals surface area contributed by atoms with Crippen LogP contribution in [0.25, 0.3) is 0 Å². The van der Waals surface area contributed by atoms with E-state index < -0.39 is 0 Å². The molecule has 2 aliphatic rings. The summed E-state index contributed by atoms with van der Waals surface area (Å²) in [7, 11) is 0. The number of nitrogens with one attached hydrogen (secondary N) is 1. The second kappa shape index (κ2) is 5.61. The number of para-hydroxylation sites is 1. The number of hydrogen-bond acceptors (Lipinski definition) is 3. The third-order valence-corrected chi connectivity index (χ3v) is 4.52. The predicted octanol–water partition coefficient (Wildman–Crippen LogP) is 3.51. The molecule has 0 saturated heterocycles. The van der Waals surface area contributed by atoms with Gasteiger partial charge in [0, 0.05) is 11.6 Å². The molecule has 0 unspecified atom stereocenters. The smallest absolute Gasteiger partial charge is 0.228 e. The second-order valence-corrected chi connectivity index (χ2v) is 6.16. The molecule has 1 N–H and O–H groups in total. The number of rotatable bonds is 3. The maximum atomic E-state index is 12.4. The number of carbonyl (C=O) groups is 1. The Morgan fingerprint density at radius 2 is 1.87 bits per heavy atom. The van der Waals surface area contributed by atoms with Crippen molar-refractivity contribution in [2.75, 3.05) is 18.5 Å². The van der Waals surface area contributed by atoms with Crippen LogP contribution in [0.5, 0.6) is 11.5 Å². The molecule has 1 fully saturated rings. The fourth-order valence-electron chi connectivity index (χ4n) is 3.08. The van der Waals surface area contributed by atoms with Crippen molar-refractivity contribution in [3.8, 4) is 11.5 Å². The van der Waals surface area contributed by atoms with Crippen molar-refractivity contribution in [1.82, 2.24) is 0 Å². The normalized spacial score (nSPS) is 21.6. The fourth-order valence-corrected chi connectivity index (χ4v) is 3.08. The standard InChI is InChI=1S/C19H19NO3/c1-12-4-2-3-5-16(12)20-19(21)15-11-14(15)13-6-7-17-18(10-13)23-9-8-22-17/h2-7,10,14-15H,8-9,11H2,1H3,(H,20,21)/t14-,15+/m1/s1. The van der Waals surface area contributed by atoms with E-state index in [1.807, 2.05) is 49.4 Å². The molecular formula is C19H19NO3. The Bertz CT molecular complexity index is 756. The van der Waals surface area contributed by atoms with Crippen LogP contribution in [-0.4, -0.2) is 19.1 Å². The van der Waals surface area contributed by atoms with E-state index in [2.05, 4.69) is 5.32 Å². The van der Waals surface area contributed by atoms with Crippen molar-refractivity contribution in [3.63, 3.8) is 0 Å². The van der Waals surface area contributed by atoms with E-state index in [0.29, 0.717) is 13.2 Å². The molecule has 4 nitrogen and oxygen atoms in total. The van der Waals surface area contributed by atoms with Gasteiger partial charge in [0.25, 0.3) is 0 Å². The number of ether oxygens (including phenoxy) is 2. The van der Waals surface area contributed by atoms with Crippen LogP contribution in [0.3, 0.4) is 0 Å². The number of anilines is 1. The van der Waals surface area contributed by atoms with Gasteiger partial charge >= 0.3 is 0 Å². The highest BCUT2D eigenvalue weighted by Crippen LogP contribution is 2.49. The third kappa shape index (κ3) is 2.77. The van der Waals surface area contributed by atoms with Crippen molar-refractivity contribution in [2.24, 2.45) is 5.92 Å². The van der Waals surface area contributed by atoms with Gasteiger partial charge in [0.05, 0.1) is 0 Å². The SMILES string of the molecule is Cc1ccccc1NC(=O)[C@H]1C[C@@H]1c1ccc2c(c1)OCCO2. The molecule has 1 aliphatic heterocycles. The summed E-state index contributed by atoms with van der Waals surface area (Å²) in [5, 5.41) is 3.04. The Morgan fingerprint density at radius 3 is 2.70 bits per heavy atom. The number of amides is 1. The number of hydrogen-bond donors (Lipinski definition) is 1. The Kier molecular flexibility index (Phi) is 3.45. The van der Waals surface area contributed by atoms with Crippen LogP contribution in [0.1, 0.15) is 23.5 Å². The molecule has 0 aromatic heterocycles. The molecule has 2 aromatic rings. The highest BCUT2D eigenvalue weighted by Gasteiger charge is 2.44. The minimum Gasteiger partial charge on any atom is -0.486 e. The average Bonchev–Trinajstić information content (AvgIpc) is 3.37. The summed E-state index contributed by atoms with van der Waals surface area (Å²) in [4.78, 5) is 12.4. The van der Waals surface area contributed by atoms with Gasteiger partial charge in [-0.2, -0.15) is 0 Å². The van der Waals surface area contributed by atoms with E-state index in [-0.39, 0.29) is 17.7 Å². The fraction of sp³-hybridized carbons (Fsp3) is 0.316. The van der Waals surface area contributed by atoms with Crippen molar-refractivity contribution < 1.29 is 14.3 Å². The van der Waals surface area contributed by atoms with E-state index in [4.69, 9.17) is 9.47 Å². The Labute approximate surface area is 135 Å². The summed E-state index contributed by atoms with van der Waals surface area (Å²) in [5.41, 5.74) is 3.13. The van der Waals surface area contributed by atoms with Crippen LogP contribution >= 0.6 is 0 Å². The van der Waals surface area contributed by atoms with E-state index >= 15 is 0 Å². The van der Waals surface area contributed by atoms with E-state index in [1.165, 1.54) is 0 Å². The topological polar surface area (TPSA) is 47.6 Å². The quantitative estimate of drug-likeness (QED) is 0.944. The van der Waals surface area contributed by atoms with E-state index in [9.17, 15) is 4.79 Å². The minimum atomic E-state index is 0.0390. The van der Waals surface area contributed by atoms with Crippen LogP contribution in [0, 0.1) is 12.8 Å². The molecular weight excluding hydrogens is 290 g/mol. The first-order valence-electron chi connectivity index (χ1n) is 7.98. The summed E-state index contributed by atoms with van der Waals surface area (Å²) in [6.45, 7) is 3.18. The maximum Gasteiger partial charge on any atom is 0.228 e. The van der Waals surface area contributed by atoms with Crippen molar-refractivity contribution in [1.29, 1.82) is 0 Å². The molecule has 2 aromatic carbocycles. The summed E-state index contributed by atoms with van der Waals surface area (Å²) >= 11 is 0. The highest BCUT2D eigenvalue weighted by molar-refractivity contribution is 5.95. The summed E-state index contributed by atoms with van der Waals surface area (Å²) in [6, 6.07) is 13.8. The number of carbonyl (C=O) groups excluding carboxylic acids is 1. The van der Waals surface area contributed by atoms with Gasteiger partial charge in [-0.3, -0.25) is 4.79 Å². The molecule has 1 saturated carbocycles. The van der Waals surface area contributed by atoms with Crippen molar-refractivity contribution in [2.45, 2.75) is 19.3 Å². The Hall–Kier alpha value is -2.49. The zero-order valence-electron chi connectivity index (χ0n) is 13.0. The van der Waals surface area contributed by atoms with Gasteiger partial charge in [0.1, 0.15) is 13.2 Å². The molecule has 1 aliphatic carbocycles. The molecule has 1 heterocycles. The minimum absolute atomic E-state index is 0.0390. The lowest BCUT2D eigenvalue weighted by Crippen LogP contribution is -2.16. The van der Waals surface area contributed by atoms with Gasteiger partial charge in [0.15, 0.2) is 11.5 Å². The van der Waals surface area contributed by atoms with Crippen molar-refractivity contribution in [3.05, 3.63) is 53.6 Å². The Balaban J connectivity index is 1.45. The average molecular weight is 309 g/mol. The number of benzene rings is 2. The predicted molar refractivity (Wildman–Crippen MR) is 88.1 cm³/mol. The first kappa shape index (κ1) is 14.1. The molecule has 0 radical (unpaired) electrons.